The third-order valence-electron chi connectivity index (χ3n) is 1.63. The zero-order chi connectivity index (χ0) is 9.26. The average Bonchev–Trinajstić information content (AvgIpc) is 2.61. The molecule has 66 valence electrons. The van der Waals surface area contributed by atoms with E-state index in [2.05, 4.69) is 4.98 Å². The van der Waals surface area contributed by atoms with Crippen LogP contribution >= 0.6 is 23.2 Å². The third kappa shape index (κ3) is 1.69. The molecule has 0 unspecified atom stereocenters. The Kier molecular flexibility index (Phi) is 2.25. The van der Waals surface area contributed by atoms with Crippen molar-refractivity contribution in [2.75, 3.05) is 0 Å². The van der Waals surface area contributed by atoms with Gasteiger partial charge in [-0.2, -0.15) is 0 Å². The number of halogens is 2. The highest BCUT2D eigenvalue weighted by atomic mass is 35.5. The van der Waals surface area contributed by atoms with Crippen LogP contribution in [0.25, 0.3) is 11.3 Å². The van der Waals surface area contributed by atoms with Crippen molar-refractivity contribution in [1.82, 2.24) is 4.98 Å². The molecule has 2 nitrogen and oxygen atoms in total. The molecule has 0 radical (unpaired) electrons. The summed E-state index contributed by atoms with van der Waals surface area (Å²) in [6, 6.07) is 5.19. The van der Waals surface area contributed by atoms with Crippen molar-refractivity contribution in [1.29, 1.82) is 0 Å². The van der Waals surface area contributed by atoms with E-state index in [9.17, 15) is 0 Å². The fraction of sp³-hybridized carbons (Fsp3) is 0. The van der Waals surface area contributed by atoms with Crippen molar-refractivity contribution >= 4 is 23.2 Å². The molecule has 0 spiro atoms. The molecule has 0 fully saturated rings. The molecular formula is C9H5Cl2NO. The van der Waals surface area contributed by atoms with Crippen molar-refractivity contribution in [3.05, 3.63) is 40.8 Å². The minimum Gasteiger partial charge on any atom is -0.443 e. The van der Waals surface area contributed by atoms with Gasteiger partial charge in [0.15, 0.2) is 12.2 Å². The van der Waals surface area contributed by atoms with Gasteiger partial charge in [-0.15, -0.1) is 0 Å². The number of nitrogens with zero attached hydrogens (tertiary/aromatic N) is 1. The number of rotatable bonds is 1. The van der Waals surface area contributed by atoms with E-state index >= 15 is 0 Å². The molecule has 2 aromatic rings. The van der Waals surface area contributed by atoms with Crippen molar-refractivity contribution in [2.24, 2.45) is 0 Å². The fourth-order valence-electron chi connectivity index (χ4n) is 1.04. The molecule has 0 bridgehead atoms. The van der Waals surface area contributed by atoms with E-state index < -0.39 is 0 Å². The quantitative estimate of drug-likeness (QED) is 0.723. The standard InChI is InChI=1S/C9H5Cl2NO/c10-6-1-2-8(11)7(3-6)9-4-12-5-13-9/h1-5H. The summed E-state index contributed by atoms with van der Waals surface area (Å²) in [5, 5.41) is 1.22. The zero-order valence-electron chi connectivity index (χ0n) is 6.50. The molecule has 4 heteroatoms. The van der Waals surface area contributed by atoms with Crippen LogP contribution in [0.5, 0.6) is 0 Å². The van der Waals surface area contributed by atoms with Gasteiger partial charge in [-0.25, -0.2) is 4.98 Å². The summed E-state index contributed by atoms with van der Waals surface area (Å²) < 4.78 is 5.10. The maximum atomic E-state index is 5.94. The SMILES string of the molecule is Clc1ccc(Cl)c(-c2cnco2)c1. The highest BCUT2D eigenvalue weighted by Gasteiger charge is 2.06. The lowest BCUT2D eigenvalue weighted by Crippen LogP contribution is -1.76. The van der Waals surface area contributed by atoms with Gasteiger partial charge >= 0.3 is 0 Å². The maximum absolute atomic E-state index is 5.94. The summed E-state index contributed by atoms with van der Waals surface area (Å²) in [4.78, 5) is 3.80. The van der Waals surface area contributed by atoms with Crippen LogP contribution in [0.1, 0.15) is 0 Å². The van der Waals surface area contributed by atoms with Crippen LogP contribution in [0.4, 0.5) is 0 Å². The summed E-state index contributed by atoms with van der Waals surface area (Å²) in [6.45, 7) is 0. The van der Waals surface area contributed by atoms with Gasteiger partial charge in [-0.3, -0.25) is 0 Å². The van der Waals surface area contributed by atoms with Gasteiger partial charge in [0.25, 0.3) is 0 Å². The van der Waals surface area contributed by atoms with E-state index in [1.54, 1.807) is 24.4 Å². The van der Waals surface area contributed by atoms with E-state index in [-0.39, 0.29) is 0 Å². The Morgan fingerprint density at radius 2 is 2.08 bits per heavy atom. The van der Waals surface area contributed by atoms with Crippen LogP contribution in [0.2, 0.25) is 10.0 Å². The summed E-state index contributed by atoms with van der Waals surface area (Å²) in [6.07, 6.45) is 2.95. The van der Waals surface area contributed by atoms with E-state index in [0.29, 0.717) is 15.8 Å². The minimum atomic E-state index is 0.598. The van der Waals surface area contributed by atoms with Gasteiger partial charge in [0, 0.05) is 10.6 Å². The predicted octanol–water partition coefficient (Wildman–Crippen LogP) is 3.65. The fourth-order valence-corrected chi connectivity index (χ4v) is 1.42. The van der Waals surface area contributed by atoms with Crippen molar-refractivity contribution in [2.45, 2.75) is 0 Å². The summed E-state index contributed by atoms with van der Waals surface area (Å²) in [5.74, 6) is 0.618. The Labute approximate surface area is 85.1 Å². The molecule has 0 saturated carbocycles. The van der Waals surface area contributed by atoms with E-state index in [0.717, 1.165) is 5.56 Å². The smallest absolute Gasteiger partial charge is 0.181 e. The predicted molar refractivity (Wildman–Crippen MR) is 52.0 cm³/mol. The van der Waals surface area contributed by atoms with Gasteiger partial charge in [0.2, 0.25) is 0 Å². The first kappa shape index (κ1) is 8.60. The Morgan fingerprint density at radius 3 is 2.77 bits per heavy atom. The molecule has 1 heterocycles. The van der Waals surface area contributed by atoms with Crippen LogP contribution in [-0.2, 0) is 0 Å². The highest BCUT2D eigenvalue weighted by molar-refractivity contribution is 6.35. The largest absolute Gasteiger partial charge is 0.443 e. The summed E-state index contributed by atoms with van der Waals surface area (Å²) >= 11 is 11.8. The Morgan fingerprint density at radius 1 is 1.23 bits per heavy atom. The highest BCUT2D eigenvalue weighted by Crippen LogP contribution is 2.29. The Hall–Kier alpha value is -0.990. The van der Waals surface area contributed by atoms with Crippen LogP contribution in [0.3, 0.4) is 0 Å². The van der Waals surface area contributed by atoms with Crippen molar-refractivity contribution in [3.63, 3.8) is 0 Å². The van der Waals surface area contributed by atoms with Gasteiger partial charge in [-0.1, -0.05) is 23.2 Å². The lowest BCUT2D eigenvalue weighted by Gasteiger charge is -1.99. The van der Waals surface area contributed by atoms with E-state index in [1.807, 2.05) is 0 Å². The summed E-state index contributed by atoms with van der Waals surface area (Å²) in [7, 11) is 0. The molecule has 0 aliphatic carbocycles. The molecule has 0 amide bonds. The zero-order valence-corrected chi connectivity index (χ0v) is 8.01. The van der Waals surface area contributed by atoms with Crippen LogP contribution in [-0.4, -0.2) is 4.98 Å². The third-order valence-corrected chi connectivity index (χ3v) is 2.19. The second kappa shape index (κ2) is 3.40. The number of benzene rings is 1. The molecule has 1 aromatic carbocycles. The molecule has 0 N–H and O–H groups in total. The van der Waals surface area contributed by atoms with Crippen molar-refractivity contribution in [3.8, 4) is 11.3 Å². The molecule has 0 saturated heterocycles. The maximum Gasteiger partial charge on any atom is 0.181 e. The minimum absolute atomic E-state index is 0.598. The van der Waals surface area contributed by atoms with E-state index in [4.69, 9.17) is 27.6 Å². The van der Waals surface area contributed by atoms with Crippen LogP contribution in [0.15, 0.2) is 35.2 Å². The van der Waals surface area contributed by atoms with Crippen molar-refractivity contribution < 1.29 is 4.42 Å². The van der Waals surface area contributed by atoms with E-state index in [1.165, 1.54) is 6.39 Å². The monoisotopic (exact) mass is 213 g/mol. The molecule has 13 heavy (non-hydrogen) atoms. The topological polar surface area (TPSA) is 26.0 Å². The number of hydrogen-bond acceptors (Lipinski definition) is 2. The molecule has 1 aromatic heterocycles. The molecule has 0 aliphatic heterocycles. The van der Waals surface area contributed by atoms with Gasteiger partial charge < -0.3 is 4.42 Å². The average molecular weight is 214 g/mol. The second-order valence-electron chi connectivity index (χ2n) is 2.49. The Bertz CT molecular complexity index is 412. The lowest BCUT2D eigenvalue weighted by atomic mass is 10.2. The molecule has 0 atom stereocenters. The van der Waals surface area contributed by atoms with Crippen LogP contribution in [0, 0.1) is 0 Å². The number of hydrogen-bond donors (Lipinski definition) is 0. The first-order chi connectivity index (χ1) is 6.27. The molecule has 0 aliphatic rings. The van der Waals surface area contributed by atoms with Gasteiger partial charge in [0.1, 0.15) is 0 Å². The molecular weight excluding hydrogens is 209 g/mol. The lowest BCUT2D eigenvalue weighted by molar-refractivity contribution is 0.572. The van der Waals surface area contributed by atoms with Gasteiger partial charge in [-0.05, 0) is 18.2 Å². The van der Waals surface area contributed by atoms with Gasteiger partial charge in [0.05, 0.1) is 11.2 Å². The second-order valence-corrected chi connectivity index (χ2v) is 3.33. The molecule has 2 rings (SSSR count). The Balaban J connectivity index is 2.57. The normalized spacial score (nSPS) is 10.3. The number of aromatic nitrogens is 1. The van der Waals surface area contributed by atoms with Crippen LogP contribution < -0.4 is 0 Å². The number of oxazole rings is 1. The first-order valence-electron chi connectivity index (χ1n) is 3.61. The first-order valence-corrected chi connectivity index (χ1v) is 4.37. The summed E-state index contributed by atoms with van der Waals surface area (Å²) in [5.41, 5.74) is 0.756.